The van der Waals surface area contributed by atoms with E-state index in [1.165, 1.54) is 0 Å². The molecule has 0 N–H and O–H groups in total. The quantitative estimate of drug-likeness (QED) is 0.768. The lowest BCUT2D eigenvalue weighted by atomic mass is 10.2. The van der Waals surface area contributed by atoms with Gasteiger partial charge in [-0.2, -0.15) is 9.40 Å². The molecule has 0 unspecified atom stereocenters. The Bertz CT molecular complexity index is 919. The van der Waals surface area contributed by atoms with Gasteiger partial charge in [0, 0.05) is 39.8 Å². The van der Waals surface area contributed by atoms with Crippen LogP contribution in [0.5, 0.6) is 0 Å². The van der Waals surface area contributed by atoms with E-state index in [-0.39, 0.29) is 0 Å². The van der Waals surface area contributed by atoms with E-state index < -0.39 is 10.0 Å². The third kappa shape index (κ3) is 3.77. The molecule has 1 saturated heterocycles. The van der Waals surface area contributed by atoms with Crippen LogP contribution in [0.1, 0.15) is 17.0 Å². The summed E-state index contributed by atoms with van der Waals surface area (Å²) >= 11 is 12.0. The van der Waals surface area contributed by atoms with Gasteiger partial charge >= 0.3 is 0 Å². The summed E-state index contributed by atoms with van der Waals surface area (Å²) in [5.74, 6) is 0. The van der Waals surface area contributed by atoms with Crippen LogP contribution in [0.15, 0.2) is 23.1 Å². The largest absolute Gasteiger partial charge is 0.296 e. The summed E-state index contributed by atoms with van der Waals surface area (Å²) in [5, 5.41) is 5.31. The molecule has 0 spiro atoms. The van der Waals surface area contributed by atoms with Crippen molar-refractivity contribution in [1.29, 1.82) is 0 Å². The van der Waals surface area contributed by atoms with E-state index in [0.29, 0.717) is 52.5 Å². The van der Waals surface area contributed by atoms with Gasteiger partial charge in [-0.25, -0.2) is 8.42 Å². The summed E-state index contributed by atoms with van der Waals surface area (Å²) in [4.78, 5) is 2.55. The predicted molar refractivity (Wildman–Crippen MR) is 103 cm³/mol. The molecular formula is C17H22Cl2N4O2S. The number of hydrogen-bond acceptors (Lipinski definition) is 4. The van der Waals surface area contributed by atoms with Gasteiger partial charge in [0.15, 0.2) is 0 Å². The Morgan fingerprint density at radius 2 is 1.73 bits per heavy atom. The molecule has 2 aromatic rings. The van der Waals surface area contributed by atoms with Gasteiger partial charge < -0.3 is 0 Å². The van der Waals surface area contributed by atoms with Gasteiger partial charge in [0.1, 0.15) is 4.90 Å². The van der Waals surface area contributed by atoms with Crippen molar-refractivity contribution in [1.82, 2.24) is 19.0 Å². The lowest BCUT2D eigenvalue weighted by Crippen LogP contribution is -2.48. The van der Waals surface area contributed by atoms with E-state index in [4.69, 9.17) is 23.2 Å². The molecule has 3 rings (SSSR count). The highest BCUT2D eigenvalue weighted by Crippen LogP contribution is 2.26. The molecule has 0 atom stereocenters. The van der Waals surface area contributed by atoms with Crippen LogP contribution in [-0.2, 0) is 23.6 Å². The number of piperazine rings is 1. The van der Waals surface area contributed by atoms with Gasteiger partial charge in [-0.1, -0.05) is 29.3 Å². The van der Waals surface area contributed by atoms with Gasteiger partial charge in [-0.3, -0.25) is 9.58 Å². The minimum absolute atomic E-state index is 0.331. The highest BCUT2D eigenvalue weighted by molar-refractivity contribution is 7.89. The zero-order valence-electron chi connectivity index (χ0n) is 15.0. The van der Waals surface area contributed by atoms with Gasteiger partial charge in [-0.05, 0) is 31.5 Å². The maximum absolute atomic E-state index is 13.0. The normalized spacial score (nSPS) is 17.0. The molecule has 26 heavy (non-hydrogen) atoms. The summed E-state index contributed by atoms with van der Waals surface area (Å²) in [5.41, 5.74) is 2.28. The third-order valence-corrected chi connectivity index (χ3v) is 7.65. The van der Waals surface area contributed by atoms with Crippen LogP contribution in [0, 0.1) is 13.8 Å². The molecule has 142 valence electrons. The van der Waals surface area contributed by atoms with Gasteiger partial charge in [0.05, 0.1) is 21.4 Å². The number of aryl methyl sites for hydroxylation is 2. The molecule has 0 radical (unpaired) electrons. The Morgan fingerprint density at radius 1 is 1.08 bits per heavy atom. The molecule has 1 aromatic carbocycles. The summed E-state index contributed by atoms with van der Waals surface area (Å²) in [6, 6.07) is 5.59. The topological polar surface area (TPSA) is 58.4 Å². The Morgan fingerprint density at radius 3 is 2.27 bits per heavy atom. The number of halogens is 2. The number of sulfonamides is 1. The number of benzene rings is 1. The van der Waals surface area contributed by atoms with Gasteiger partial charge in [-0.15, -0.1) is 0 Å². The molecule has 6 nitrogen and oxygen atoms in total. The van der Waals surface area contributed by atoms with E-state index in [9.17, 15) is 8.42 Å². The third-order valence-electron chi connectivity index (χ3n) is 4.76. The predicted octanol–water partition coefficient (Wildman–Crippen LogP) is 2.85. The van der Waals surface area contributed by atoms with E-state index in [1.807, 2.05) is 12.1 Å². The van der Waals surface area contributed by atoms with Crippen molar-refractivity contribution in [2.45, 2.75) is 25.3 Å². The lowest BCUT2D eigenvalue weighted by molar-refractivity contribution is 0.181. The second kappa shape index (κ2) is 7.48. The minimum Gasteiger partial charge on any atom is -0.296 e. The molecule has 1 aliphatic heterocycles. The van der Waals surface area contributed by atoms with Crippen LogP contribution in [0.3, 0.4) is 0 Å². The second-order valence-electron chi connectivity index (χ2n) is 6.55. The van der Waals surface area contributed by atoms with E-state index in [2.05, 4.69) is 10.00 Å². The summed E-state index contributed by atoms with van der Waals surface area (Å²) in [6.45, 7) is 6.48. The fraction of sp³-hybridized carbons (Fsp3) is 0.471. The fourth-order valence-corrected chi connectivity index (χ4v) is 5.42. The Hall–Kier alpha value is -1.12. The number of rotatable bonds is 4. The maximum atomic E-state index is 13.0. The molecule has 1 fully saturated rings. The van der Waals surface area contributed by atoms with Crippen LogP contribution in [-0.4, -0.2) is 53.6 Å². The highest BCUT2D eigenvalue weighted by Gasteiger charge is 2.32. The van der Waals surface area contributed by atoms with Crippen molar-refractivity contribution in [2.75, 3.05) is 26.2 Å². The van der Waals surface area contributed by atoms with Crippen LogP contribution < -0.4 is 0 Å². The standard InChI is InChI=1S/C17H22Cl2N4O2S/c1-12-17(13(2)21(3)20-12)26(24,25)23-8-6-22(7-9-23)11-14-4-5-15(18)16(19)10-14/h4-5,10H,6-9,11H2,1-3H3. The van der Waals surface area contributed by atoms with Crippen molar-refractivity contribution in [3.05, 3.63) is 45.2 Å². The van der Waals surface area contributed by atoms with Crippen molar-refractivity contribution >= 4 is 33.2 Å². The number of aromatic nitrogens is 2. The van der Waals surface area contributed by atoms with Gasteiger partial charge in [0.25, 0.3) is 0 Å². The number of nitrogens with zero attached hydrogens (tertiary/aromatic N) is 4. The van der Waals surface area contributed by atoms with Crippen molar-refractivity contribution < 1.29 is 8.42 Å². The molecular weight excluding hydrogens is 395 g/mol. The first-order valence-electron chi connectivity index (χ1n) is 8.37. The van der Waals surface area contributed by atoms with Gasteiger partial charge in [0.2, 0.25) is 10.0 Å². The second-order valence-corrected chi connectivity index (χ2v) is 9.24. The first kappa shape index (κ1) is 19.6. The molecule has 0 bridgehead atoms. The summed E-state index contributed by atoms with van der Waals surface area (Å²) in [6.07, 6.45) is 0. The van der Waals surface area contributed by atoms with E-state index in [0.717, 1.165) is 12.1 Å². The Labute approximate surface area is 164 Å². The molecule has 0 aliphatic carbocycles. The lowest BCUT2D eigenvalue weighted by Gasteiger charge is -2.34. The molecule has 2 heterocycles. The average molecular weight is 417 g/mol. The zero-order chi connectivity index (χ0) is 19.1. The first-order chi connectivity index (χ1) is 12.2. The molecule has 0 saturated carbocycles. The van der Waals surface area contributed by atoms with Crippen LogP contribution >= 0.6 is 23.2 Å². The highest BCUT2D eigenvalue weighted by atomic mass is 35.5. The number of hydrogen-bond donors (Lipinski definition) is 0. The summed E-state index contributed by atoms with van der Waals surface area (Å²) in [7, 11) is -1.77. The van der Waals surface area contributed by atoms with Crippen LogP contribution in [0.25, 0.3) is 0 Å². The maximum Gasteiger partial charge on any atom is 0.246 e. The summed E-state index contributed by atoms with van der Waals surface area (Å²) < 4.78 is 29.2. The van der Waals surface area contributed by atoms with Crippen LogP contribution in [0.4, 0.5) is 0 Å². The molecule has 1 aromatic heterocycles. The molecule has 1 aliphatic rings. The average Bonchev–Trinajstić information content (AvgIpc) is 2.84. The molecule has 0 amide bonds. The van der Waals surface area contributed by atoms with Crippen molar-refractivity contribution in [3.63, 3.8) is 0 Å². The van der Waals surface area contributed by atoms with Crippen molar-refractivity contribution in [2.24, 2.45) is 7.05 Å². The minimum atomic E-state index is -3.53. The smallest absolute Gasteiger partial charge is 0.246 e. The fourth-order valence-electron chi connectivity index (χ4n) is 3.28. The first-order valence-corrected chi connectivity index (χ1v) is 10.6. The molecule has 9 heteroatoms. The monoisotopic (exact) mass is 416 g/mol. The van der Waals surface area contributed by atoms with Crippen molar-refractivity contribution in [3.8, 4) is 0 Å². The zero-order valence-corrected chi connectivity index (χ0v) is 17.4. The SMILES string of the molecule is Cc1nn(C)c(C)c1S(=O)(=O)N1CCN(Cc2ccc(Cl)c(Cl)c2)CC1. The van der Waals surface area contributed by atoms with E-state index >= 15 is 0 Å². The van der Waals surface area contributed by atoms with Crippen LogP contribution in [0.2, 0.25) is 10.0 Å². The Kier molecular flexibility index (Phi) is 5.65. The Balaban J connectivity index is 1.68. The van der Waals surface area contributed by atoms with E-state index in [1.54, 1.807) is 35.9 Å².